The molecule has 0 aliphatic rings. The molecule has 0 rings (SSSR count). The van der Waals surface area contributed by atoms with E-state index < -0.39 is 0 Å². The summed E-state index contributed by atoms with van der Waals surface area (Å²) in [5.74, 6) is 3.67. The summed E-state index contributed by atoms with van der Waals surface area (Å²) in [6.45, 7) is 14.7. The minimum absolute atomic E-state index is 0.891. The Morgan fingerprint density at radius 3 is 1.33 bits per heavy atom. The normalized spacial score (nSPS) is 16.2. The van der Waals surface area contributed by atoms with Crippen molar-refractivity contribution in [3.8, 4) is 0 Å². The van der Waals surface area contributed by atoms with Gasteiger partial charge in [-0.2, -0.15) is 0 Å². The molecule has 0 spiro atoms. The van der Waals surface area contributed by atoms with E-state index in [-0.39, 0.29) is 0 Å². The summed E-state index contributed by atoms with van der Waals surface area (Å²) >= 11 is 0. The van der Waals surface area contributed by atoms with Crippen LogP contribution in [-0.4, -0.2) is 0 Å². The van der Waals surface area contributed by atoms with Crippen molar-refractivity contribution < 1.29 is 0 Å². The molecule has 0 amide bonds. The van der Waals surface area contributed by atoms with Crippen LogP contribution in [-0.2, 0) is 0 Å². The van der Waals surface area contributed by atoms with Crippen molar-refractivity contribution in [3.05, 3.63) is 0 Å². The van der Waals surface area contributed by atoms with Crippen LogP contribution in [0.3, 0.4) is 0 Å². The molecule has 0 saturated heterocycles. The molecule has 0 heteroatoms. The molecule has 0 aliphatic heterocycles. The third-order valence-electron chi connectivity index (χ3n) is 7.34. The summed E-state index contributed by atoms with van der Waals surface area (Å²) in [6.07, 6.45) is 24.5. The Morgan fingerprint density at radius 1 is 0.407 bits per heavy atom. The lowest BCUT2D eigenvalue weighted by Crippen LogP contribution is -2.24. The Balaban J connectivity index is 4.21. The van der Waals surface area contributed by atoms with E-state index in [4.69, 9.17) is 0 Å². The average Bonchev–Trinajstić information content (AvgIpc) is 2.68. The third-order valence-corrected chi connectivity index (χ3v) is 7.34. The van der Waals surface area contributed by atoms with Crippen LogP contribution in [0.1, 0.15) is 151 Å². The molecule has 0 heterocycles. The predicted octanol–water partition coefficient (Wildman–Crippen LogP) is 10.2. The van der Waals surface area contributed by atoms with Gasteiger partial charge >= 0.3 is 0 Å². The molecule has 0 aromatic rings. The highest BCUT2D eigenvalue weighted by Gasteiger charge is 2.25. The minimum atomic E-state index is 0.891. The van der Waals surface area contributed by atoms with Crippen LogP contribution >= 0.6 is 0 Å². The highest BCUT2D eigenvalue weighted by molar-refractivity contribution is 4.75. The van der Waals surface area contributed by atoms with E-state index >= 15 is 0 Å². The molecule has 0 saturated carbocycles. The van der Waals surface area contributed by atoms with Gasteiger partial charge in [0, 0.05) is 0 Å². The van der Waals surface area contributed by atoms with Crippen LogP contribution in [0.2, 0.25) is 0 Å². The van der Waals surface area contributed by atoms with Gasteiger partial charge in [0.1, 0.15) is 0 Å². The lowest BCUT2D eigenvalue weighted by molar-refractivity contribution is 0.171. The summed E-state index contributed by atoms with van der Waals surface area (Å²) in [7, 11) is 0. The van der Waals surface area contributed by atoms with Crippen LogP contribution in [0.5, 0.6) is 0 Å². The second-order valence-corrected chi connectivity index (χ2v) is 9.71. The standard InChI is InChI=1S/C27H56/c1-7-10-13-15-17-19-21-24(4)25(5)26(6)27(22-12-9-3)23-20-18-16-14-11-8-2/h24-27H,7-23H2,1-6H3. The van der Waals surface area contributed by atoms with E-state index in [2.05, 4.69) is 41.5 Å². The molecule has 4 atom stereocenters. The van der Waals surface area contributed by atoms with Crippen LogP contribution in [0, 0.1) is 23.7 Å². The third kappa shape index (κ3) is 14.6. The van der Waals surface area contributed by atoms with Gasteiger partial charge in [-0.05, 0) is 23.7 Å². The van der Waals surface area contributed by atoms with Gasteiger partial charge in [0.2, 0.25) is 0 Å². The summed E-state index contributed by atoms with van der Waals surface area (Å²) in [4.78, 5) is 0. The molecule has 0 bridgehead atoms. The average molecular weight is 381 g/mol. The van der Waals surface area contributed by atoms with Gasteiger partial charge < -0.3 is 0 Å². The topological polar surface area (TPSA) is 0 Å². The van der Waals surface area contributed by atoms with Crippen LogP contribution in [0.25, 0.3) is 0 Å². The van der Waals surface area contributed by atoms with Crippen molar-refractivity contribution in [2.24, 2.45) is 23.7 Å². The Kier molecular flexibility index (Phi) is 19.3. The molecule has 0 fully saturated rings. The van der Waals surface area contributed by atoms with Crippen LogP contribution < -0.4 is 0 Å². The first-order valence-corrected chi connectivity index (χ1v) is 13.1. The van der Waals surface area contributed by atoms with Gasteiger partial charge in [0.25, 0.3) is 0 Å². The molecule has 0 aromatic heterocycles. The number of unbranched alkanes of at least 4 members (excludes halogenated alkanes) is 11. The van der Waals surface area contributed by atoms with Gasteiger partial charge in [-0.15, -0.1) is 0 Å². The lowest BCUT2D eigenvalue weighted by atomic mass is 9.73. The highest BCUT2D eigenvalue weighted by atomic mass is 14.3. The van der Waals surface area contributed by atoms with Gasteiger partial charge in [-0.1, -0.05) is 151 Å². The second-order valence-electron chi connectivity index (χ2n) is 9.71. The first-order chi connectivity index (χ1) is 13.1. The van der Waals surface area contributed by atoms with Crippen LogP contribution in [0.15, 0.2) is 0 Å². The SMILES string of the molecule is CCCCCCCCC(C)C(C)C(C)C(CCCC)CCCCCCCC. The van der Waals surface area contributed by atoms with E-state index in [1.54, 1.807) is 0 Å². The quantitative estimate of drug-likeness (QED) is 0.184. The molecule has 4 unspecified atom stereocenters. The fourth-order valence-electron chi connectivity index (χ4n) is 4.78. The molecular formula is C27H56. The van der Waals surface area contributed by atoms with E-state index in [1.165, 1.54) is 109 Å². The van der Waals surface area contributed by atoms with Crippen LogP contribution in [0.4, 0.5) is 0 Å². The Labute approximate surface area is 174 Å². The molecule has 0 radical (unpaired) electrons. The maximum atomic E-state index is 2.58. The Morgan fingerprint density at radius 2 is 0.815 bits per heavy atom. The van der Waals surface area contributed by atoms with Gasteiger partial charge in [0.05, 0.1) is 0 Å². The first-order valence-electron chi connectivity index (χ1n) is 13.1. The molecule has 27 heavy (non-hydrogen) atoms. The number of rotatable bonds is 20. The predicted molar refractivity (Wildman–Crippen MR) is 126 cm³/mol. The molecule has 0 nitrogen and oxygen atoms in total. The van der Waals surface area contributed by atoms with Crippen molar-refractivity contribution in [3.63, 3.8) is 0 Å². The number of hydrogen-bond donors (Lipinski definition) is 0. The monoisotopic (exact) mass is 380 g/mol. The fraction of sp³-hybridized carbons (Fsp3) is 1.00. The van der Waals surface area contributed by atoms with E-state index in [9.17, 15) is 0 Å². The highest BCUT2D eigenvalue weighted by Crippen LogP contribution is 2.35. The largest absolute Gasteiger partial charge is 0.0654 e. The number of hydrogen-bond acceptors (Lipinski definition) is 0. The van der Waals surface area contributed by atoms with E-state index in [1.807, 2.05) is 0 Å². The van der Waals surface area contributed by atoms with Gasteiger partial charge in [-0.3, -0.25) is 0 Å². The zero-order chi connectivity index (χ0) is 20.3. The zero-order valence-electron chi connectivity index (χ0n) is 20.3. The molecule has 0 aliphatic carbocycles. The molecule has 0 N–H and O–H groups in total. The maximum absolute atomic E-state index is 2.58. The van der Waals surface area contributed by atoms with E-state index in [0.29, 0.717) is 0 Å². The summed E-state index contributed by atoms with van der Waals surface area (Å²) in [5, 5.41) is 0. The summed E-state index contributed by atoms with van der Waals surface area (Å²) < 4.78 is 0. The van der Waals surface area contributed by atoms with Gasteiger partial charge in [-0.25, -0.2) is 0 Å². The molecular weight excluding hydrogens is 324 g/mol. The fourth-order valence-corrected chi connectivity index (χ4v) is 4.78. The summed E-state index contributed by atoms with van der Waals surface area (Å²) in [6, 6.07) is 0. The van der Waals surface area contributed by atoms with E-state index in [0.717, 1.165) is 23.7 Å². The lowest BCUT2D eigenvalue weighted by Gasteiger charge is -2.33. The van der Waals surface area contributed by atoms with Crippen molar-refractivity contribution in [2.75, 3.05) is 0 Å². The summed E-state index contributed by atoms with van der Waals surface area (Å²) in [5.41, 5.74) is 0. The van der Waals surface area contributed by atoms with Crippen molar-refractivity contribution in [1.82, 2.24) is 0 Å². The first kappa shape index (κ1) is 27.0. The minimum Gasteiger partial charge on any atom is -0.0654 e. The maximum Gasteiger partial charge on any atom is -0.0386 e. The molecule has 164 valence electrons. The zero-order valence-corrected chi connectivity index (χ0v) is 20.3. The Bertz CT molecular complexity index is 282. The van der Waals surface area contributed by atoms with Crippen molar-refractivity contribution in [2.45, 2.75) is 151 Å². The van der Waals surface area contributed by atoms with Crippen molar-refractivity contribution in [1.29, 1.82) is 0 Å². The Hall–Kier alpha value is 0. The molecule has 0 aromatic carbocycles. The second kappa shape index (κ2) is 19.3. The smallest absolute Gasteiger partial charge is 0.0386 e. The van der Waals surface area contributed by atoms with Crippen molar-refractivity contribution >= 4 is 0 Å². The van der Waals surface area contributed by atoms with Gasteiger partial charge in [0.15, 0.2) is 0 Å².